The third kappa shape index (κ3) is 8.00. The second-order valence-corrected chi connectivity index (χ2v) is 11.2. The van der Waals surface area contributed by atoms with Crippen molar-refractivity contribution in [2.75, 3.05) is 18.0 Å². The van der Waals surface area contributed by atoms with Gasteiger partial charge in [-0.2, -0.15) is 44.3 Å². The minimum Gasteiger partial charge on any atom is -0.393 e. The average Bonchev–Trinajstić information content (AvgIpc) is 3.34. The van der Waals surface area contributed by atoms with Crippen molar-refractivity contribution in [3.63, 3.8) is 0 Å². The van der Waals surface area contributed by atoms with Crippen molar-refractivity contribution in [3.8, 4) is 0 Å². The monoisotopic (exact) mass is 638 g/mol. The van der Waals surface area contributed by atoms with Gasteiger partial charge in [0.2, 0.25) is 0 Å². The molecule has 7 nitrogen and oxygen atoms in total. The summed E-state index contributed by atoms with van der Waals surface area (Å²) in [4.78, 5) is 4.26. The van der Waals surface area contributed by atoms with E-state index in [0.717, 1.165) is 16.9 Å². The predicted molar refractivity (Wildman–Crippen MR) is 141 cm³/mol. The van der Waals surface area contributed by atoms with Gasteiger partial charge < -0.3 is 10.0 Å². The summed E-state index contributed by atoms with van der Waals surface area (Å²) in [5.74, 6) is -0.314. The molecule has 4 rings (SSSR count). The van der Waals surface area contributed by atoms with Crippen LogP contribution in [0, 0.1) is 5.92 Å². The first-order chi connectivity index (χ1) is 20.3. The van der Waals surface area contributed by atoms with Gasteiger partial charge in [0, 0.05) is 32.2 Å². The number of piperidine rings is 1. The number of aliphatic hydroxyl groups is 1. The highest BCUT2D eigenvalue weighted by Gasteiger charge is 2.38. The second-order valence-electron chi connectivity index (χ2n) is 11.2. The van der Waals surface area contributed by atoms with Crippen molar-refractivity contribution >= 4 is 5.95 Å². The van der Waals surface area contributed by atoms with Gasteiger partial charge in [-0.05, 0) is 71.0 Å². The number of rotatable bonds is 8. The maximum absolute atomic E-state index is 13.9. The van der Waals surface area contributed by atoms with Crippen molar-refractivity contribution in [1.82, 2.24) is 25.1 Å². The lowest BCUT2D eigenvalue weighted by Crippen LogP contribution is -2.41. The fourth-order valence-corrected chi connectivity index (χ4v) is 5.48. The van der Waals surface area contributed by atoms with E-state index in [9.17, 15) is 44.6 Å². The van der Waals surface area contributed by atoms with Crippen molar-refractivity contribution in [2.45, 2.75) is 70.5 Å². The highest BCUT2D eigenvalue weighted by molar-refractivity contribution is 5.42. The SMILES string of the molecule is CC(C)C(c1ccc(C(F)(F)F)cc1CN(Cc1cc(C(F)(F)F)cc(C(F)(F)F)c1)c1nnn(C)n1)N1CCC(O)CC1. The largest absolute Gasteiger partial charge is 0.416 e. The zero-order valence-corrected chi connectivity index (χ0v) is 24.0. The van der Waals surface area contributed by atoms with Gasteiger partial charge in [0.15, 0.2) is 0 Å². The number of hydrogen-bond donors (Lipinski definition) is 1. The molecule has 1 aliphatic rings. The molecule has 242 valence electrons. The Balaban J connectivity index is 1.83. The van der Waals surface area contributed by atoms with Crippen LogP contribution in [-0.4, -0.2) is 49.4 Å². The fraction of sp³-hybridized carbons (Fsp3) is 0.536. The molecule has 0 amide bonds. The van der Waals surface area contributed by atoms with Gasteiger partial charge >= 0.3 is 18.5 Å². The van der Waals surface area contributed by atoms with Gasteiger partial charge in [-0.25, -0.2) is 0 Å². The number of benzene rings is 2. The smallest absolute Gasteiger partial charge is 0.393 e. The van der Waals surface area contributed by atoms with Crippen LogP contribution in [0.2, 0.25) is 0 Å². The maximum atomic E-state index is 13.9. The lowest BCUT2D eigenvalue weighted by atomic mass is 9.88. The molecule has 16 heteroatoms. The summed E-state index contributed by atoms with van der Waals surface area (Å²) in [6.07, 6.45) is -14.5. The van der Waals surface area contributed by atoms with Crippen LogP contribution < -0.4 is 4.90 Å². The fourth-order valence-electron chi connectivity index (χ4n) is 5.48. The van der Waals surface area contributed by atoms with E-state index in [-0.39, 0.29) is 30.0 Å². The summed E-state index contributed by atoms with van der Waals surface area (Å²) in [5.41, 5.74) is -3.79. The number of anilines is 1. The molecule has 1 N–H and O–H groups in total. The third-order valence-corrected chi connectivity index (χ3v) is 7.48. The first kappa shape index (κ1) is 33.5. The summed E-state index contributed by atoms with van der Waals surface area (Å²) < 4.78 is 123. The number of likely N-dealkylation sites (tertiary alicyclic amines) is 1. The van der Waals surface area contributed by atoms with Crippen molar-refractivity contribution in [3.05, 3.63) is 69.8 Å². The third-order valence-electron chi connectivity index (χ3n) is 7.48. The molecule has 3 aromatic rings. The van der Waals surface area contributed by atoms with Gasteiger partial charge in [0.25, 0.3) is 5.95 Å². The molecule has 1 fully saturated rings. The zero-order valence-electron chi connectivity index (χ0n) is 24.0. The Morgan fingerprint density at radius 1 is 0.841 bits per heavy atom. The van der Waals surface area contributed by atoms with Crippen molar-refractivity contribution in [2.24, 2.45) is 13.0 Å². The minimum atomic E-state index is -5.09. The van der Waals surface area contributed by atoms with E-state index in [4.69, 9.17) is 0 Å². The van der Waals surface area contributed by atoms with E-state index < -0.39 is 59.5 Å². The Labute approximate surface area is 247 Å². The Morgan fingerprint density at radius 3 is 1.89 bits per heavy atom. The number of tetrazole rings is 1. The number of aromatic nitrogens is 4. The molecule has 44 heavy (non-hydrogen) atoms. The molecule has 0 saturated carbocycles. The molecule has 2 heterocycles. The summed E-state index contributed by atoms with van der Waals surface area (Å²) in [5, 5.41) is 21.6. The zero-order chi connectivity index (χ0) is 32.6. The molecule has 1 saturated heterocycles. The van der Waals surface area contributed by atoms with Gasteiger partial charge in [0.05, 0.1) is 29.8 Å². The van der Waals surface area contributed by atoms with Gasteiger partial charge in [0.1, 0.15) is 0 Å². The lowest BCUT2D eigenvalue weighted by Gasteiger charge is -2.40. The normalized spacial score (nSPS) is 16.5. The number of hydrogen-bond acceptors (Lipinski definition) is 6. The Morgan fingerprint density at radius 2 is 1.41 bits per heavy atom. The lowest BCUT2D eigenvalue weighted by molar-refractivity contribution is -0.143. The van der Waals surface area contributed by atoms with Crippen LogP contribution >= 0.6 is 0 Å². The van der Waals surface area contributed by atoms with Gasteiger partial charge in [-0.3, -0.25) is 4.90 Å². The molecule has 2 aromatic carbocycles. The van der Waals surface area contributed by atoms with Crippen molar-refractivity contribution < 1.29 is 44.6 Å². The number of aryl methyl sites for hydroxylation is 1. The van der Waals surface area contributed by atoms with Crippen LogP contribution in [-0.2, 0) is 38.7 Å². The molecule has 0 aliphatic carbocycles. The number of alkyl halides is 9. The molecular formula is C28H31F9N6O. The van der Waals surface area contributed by atoms with Crippen LogP contribution in [0.5, 0.6) is 0 Å². The standard InChI is InChI=1S/C28H31F9N6O/c1-16(2)24(42-8-6-22(44)7-9-42)23-5-4-19(26(29,30)31)12-18(23)15-43(25-38-40-41(3)39-25)14-17-10-20(27(32,33)34)13-21(11-17)28(35,36)37/h4-5,10-13,16,22,24,44H,6-9,14-15H2,1-3H3. The quantitative estimate of drug-likeness (QED) is 0.280. The van der Waals surface area contributed by atoms with E-state index in [1.54, 1.807) is 0 Å². The topological polar surface area (TPSA) is 70.3 Å². The summed E-state index contributed by atoms with van der Waals surface area (Å²) in [6.45, 7) is 3.74. The highest BCUT2D eigenvalue weighted by Crippen LogP contribution is 2.39. The van der Waals surface area contributed by atoms with Crippen LogP contribution in [0.3, 0.4) is 0 Å². The van der Waals surface area contributed by atoms with Crippen molar-refractivity contribution in [1.29, 1.82) is 0 Å². The Hall–Kier alpha value is -3.40. The summed E-state index contributed by atoms with van der Waals surface area (Å²) in [7, 11) is 1.38. The summed E-state index contributed by atoms with van der Waals surface area (Å²) in [6, 6.07) is 3.94. The molecular weight excluding hydrogens is 607 g/mol. The minimum absolute atomic E-state index is 0.00209. The van der Waals surface area contributed by atoms with E-state index in [0.29, 0.717) is 43.6 Å². The molecule has 1 unspecified atom stereocenters. The molecule has 0 spiro atoms. The van der Waals surface area contributed by atoms with Crippen LogP contribution in [0.1, 0.15) is 66.1 Å². The molecule has 0 radical (unpaired) electrons. The highest BCUT2D eigenvalue weighted by atomic mass is 19.4. The second kappa shape index (κ2) is 12.5. The molecule has 1 aliphatic heterocycles. The van der Waals surface area contributed by atoms with E-state index in [1.165, 1.54) is 18.0 Å². The Bertz CT molecular complexity index is 1390. The molecule has 0 bridgehead atoms. The maximum Gasteiger partial charge on any atom is 0.416 e. The first-order valence-electron chi connectivity index (χ1n) is 13.7. The first-order valence-corrected chi connectivity index (χ1v) is 13.7. The van der Waals surface area contributed by atoms with E-state index in [1.807, 2.05) is 13.8 Å². The number of halogens is 9. The van der Waals surface area contributed by atoms with E-state index >= 15 is 0 Å². The average molecular weight is 639 g/mol. The Kier molecular flexibility index (Phi) is 9.54. The number of nitrogens with zero attached hydrogens (tertiary/aromatic N) is 6. The molecule has 1 aromatic heterocycles. The summed E-state index contributed by atoms with van der Waals surface area (Å²) >= 11 is 0. The number of aliphatic hydroxyl groups excluding tert-OH is 1. The predicted octanol–water partition coefficient (Wildman–Crippen LogP) is 6.63. The van der Waals surface area contributed by atoms with Crippen LogP contribution in [0.25, 0.3) is 0 Å². The van der Waals surface area contributed by atoms with E-state index in [2.05, 4.69) is 20.3 Å². The van der Waals surface area contributed by atoms with Crippen LogP contribution in [0.4, 0.5) is 45.5 Å². The van der Waals surface area contributed by atoms with Crippen LogP contribution in [0.15, 0.2) is 36.4 Å². The van der Waals surface area contributed by atoms with Gasteiger partial charge in [-0.15, -0.1) is 5.10 Å². The van der Waals surface area contributed by atoms with Gasteiger partial charge in [-0.1, -0.05) is 25.0 Å². The molecule has 1 atom stereocenters.